The number of hydrogen-bond acceptors (Lipinski definition) is 5. The van der Waals surface area contributed by atoms with Crippen LogP contribution in [0.1, 0.15) is 28.0 Å². The van der Waals surface area contributed by atoms with Crippen molar-refractivity contribution in [2.24, 2.45) is 0 Å². The number of ketones is 1. The number of nitrogens with one attached hydrogen (secondary N) is 1. The van der Waals surface area contributed by atoms with Crippen molar-refractivity contribution in [1.29, 1.82) is 0 Å². The maximum Gasteiger partial charge on any atom is 0.305 e. The monoisotopic (exact) mass is 390 g/mol. The van der Waals surface area contributed by atoms with Gasteiger partial charge < -0.3 is 10.4 Å². The number of Topliss-reactive ketones (excluding diaryl/α,β-unsaturated/α-hetero) is 1. The quantitative estimate of drug-likeness (QED) is 0.683. The maximum atomic E-state index is 12.9. The van der Waals surface area contributed by atoms with Crippen molar-refractivity contribution in [2.75, 3.05) is 5.75 Å². The number of hydrogen-bond donors (Lipinski definition) is 2. The lowest BCUT2D eigenvalue weighted by atomic mass is 10.1. The Morgan fingerprint density at radius 2 is 1.89 bits per heavy atom. The summed E-state index contributed by atoms with van der Waals surface area (Å²) in [6.07, 6.45) is 0.872. The second-order valence-electron chi connectivity index (χ2n) is 5.90. The molecule has 8 heteroatoms. The summed E-state index contributed by atoms with van der Waals surface area (Å²) in [5, 5.41) is 11.5. The van der Waals surface area contributed by atoms with Crippen LogP contribution in [0, 0.1) is 12.7 Å². The minimum Gasteiger partial charge on any atom is -0.481 e. The molecule has 0 fully saturated rings. The lowest BCUT2D eigenvalue weighted by molar-refractivity contribution is -0.139. The number of carbonyl (C=O) groups excluding carboxylic acids is 2. The summed E-state index contributed by atoms with van der Waals surface area (Å²) >= 11 is 1.27. The number of carbonyl (C=O) groups is 3. The third kappa shape index (κ3) is 6.82. The summed E-state index contributed by atoms with van der Waals surface area (Å²) in [6, 6.07) is 7.99. The topological polar surface area (TPSA) is 96.4 Å². The molecule has 0 aliphatic carbocycles. The van der Waals surface area contributed by atoms with Crippen molar-refractivity contribution in [3.05, 3.63) is 65.2 Å². The molecule has 1 amide bonds. The molecule has 0 aliphatic heterocycles. The summed E-state index contributed by atoms with van der Waals surface area (Å²) in [7, 11) is 0. The number of thioether (sulfide) groups is 1. The Hall–Kier alpha value is -2.74. The van der Waals surface area contributed by atoms with E-state index in [0.717, 1.165) is 11.3 Å². The van der Waals surface area contributed by atoms with Gasteiger partial charge in [0.25, 0.3) is 5.91 Å². The van der Waals surface area contributed by atoms with Crippen LogP contribution in [0.3, 0.4) is 0 Å². The molecule has 0 saturated heterocycles. The SMILES string of the molecule is Cc1ccc(C(=O)NC(CC(=O)O)C(=O)CSCc2ccc(F)cc2)cn1. The number of benzene rings is 1. The van der Waals surface area contributed by atoms with Gasteiger partial charge in [-0.05, 0) is 36.8 Å². The highest BCUT2D eigenvalue weighted by molar-refractivity contribution is 7.99. The molecule has 27 heavy (non-hydrogen) atoms. The second kappa shape index (κ2) is 9.82. The molecule has 1 heterocycles. The lowest BCUT2D eigenvalue weighted by Gasteiger charge is -2.16. The molecular formula is C19H19FN2O4S. The second-order valence-corrected chi connectivity index (χ2v) is 6.88. The Kier molecular flexibility index (Phi) is 7.48. The van der Waals surface area contributed by atoms with Crippen LogP contribution < -0.4 is 5.32 Å². The summed E-state index contributed by atoms with van der Waals surface area (Å²) < 4.78 is 12.9. The van der Waals surface area contributed by atoms with Gasteiger partial charge in [-0.3, -0.25) is 19.4 Å². The number of rotatable bonds is 9. The maximum absolute atomic E-state index is 12.9. The van der Waals surface area contributed by atoms with E-state index in [4.69, 9.17) is 5.11 Å². The fourth-order valence-corrected chi connectivity index (χ4v) is 3.15. The minimum absolute atomic E-state index is 0.0295. The summed E-state index contributed by atoms with van der Waals surface area (Å²) in [5.74, 6) is -1.96. The van der Waals surface area contributed by atoms with Crippen molar-refractivity contribution >= 4 is 29.4 Å². The number of aliphatic carboxylic acids is 1. The highest BCUT2D eigenvalue weighted by atomic mass is 32.2. The number of amides is 1. The molecule has 6 nitrogen and oxygen atoms in total. The summed E-state index contributed by atoms with van der Waals surface area (Å²) in [4.78, 5) is 39.7. The van der Waals surface area contributed by atoms with E-state index in [0.29, 0.717) is 5.75 Å². The van der Waals surface area contributed by atoms with E-state index in [1.807, 2.05) is 0 Å². The molecule has 0 bridgehead atoms. The Morgan fingerprint density at radius 3 is 2.48 bits per heavy atom. The van der Waals surface area contributed by atoms with Gasteiger partial charge in [-0.2, -0.15) is 0 Å². The predicted molar refractivity (Wildman–Crippen MR) is 100 cm³/mol. The average molecular weight is 390 g/mol. The zero-order valence-electron chi connectivity index (χ0n) is 14.6. The highest BCUT2D eigenvalue weighted by Crippen LogP contribution is 2.14. The van der Waals surface area contributed by atoms with E-state index in [2.05, 4.69) is 10.3 Å². The van der Waals surface area contributed by atoms with Crippen LogP contribution >= 0.6 is 11.8 Å². The van der Waals surface area contributed by atoms with Gasteiger partial charge in [-0.25, -0.2) is 4.39 Å². The summed E-state index contributed by atoms with van der Waals surface area (Å²) in [6.45, 7) is 1.77. The Bertz CT molecular complexity index is 809. The fraction of sp³-hybridized carbons (Fsp3) is 0.263. The number of nitrogens with zero attached hydrogens (tertiary/aromatic N) is 1. The summed E-state index contributed by atoms with van der Waals surface area (Å²) in [5.41, 5.74) is 1.84. The predicted octanol–water partition coefficient (Wildman–Crippen LogP) is 2.60. The standard InChI is InChI=1S/C19H19FN2O4S/c1-12-2-5-14(9-21-12)19(26)22-16(8-18(24)25)17(23)11-27-10-13-3-6-15(20)7-4-13/h2-7,9,16H,8,10-11H2,1H3,(H,22,26)(H,24,25). The number of carboxylic acid groups (broad SMARTS) is 1. The third-order valence-corrected chi connectivity index (χ3v) is 4.70. The first-order valence-electron chi connectivity index (χ1n) is 8.15. The zero-order valence-corrected chi connectivity index (χ0v) is 15.5. The molecular weight excluding hydrogens is 371 g/mol. The zero-order chi connectivity index (χ0) is 19.8. The fourth-order valence-electron chi connectivity index (χ4n) is 2.21. The molecule has 2 N–H and O–H groups in total. The van der Waals surface area contributed by atoms with Crippen LogP contribution in [-0.2, 0) is 15.3 Å². The number of carboxylic acids is 1. The first-order chi connectivity index (χ1) is 12.8. The Labute approximate surface area is 160 Å². The van der Waals surface area contributed by atoms with Gasteiger partial charge in [0.15, 0.2) is 5.78 Å². The van der Waals surface area contributed by atoms with Gasteiger partial charge in [0.05, 0.1) is 23.8 Å². The molecule has 1 aromatic carbocycles. The first kappa shape index (κ1) is 20.6. The molecule has 0 radical (unpaired) electrons. The third-order valence-electron chi connectivity index (χ3n) is 3.67. The number of halogens is 1. The van der Waals surface area contributed by atoms with Gasteiger partial charge in [-0.15, -0.1) is 11.8 Å². The van der Waals surface area contributed by atoms with Crippen LogP contribution in [0.5, 0.6) is 0 Å². The van der Waals surface area contributed by atoms with Gasteiger partial charge in [0, 0.05) is 17.6 Å². The van der Waals surface area contributed by atoms with Crippen molar-refractivity contribution in [3.63, 3.8) is 0 Å². The van der Waals surface area contributed by atoms with Crippen molar-refractivity contribution in [2.45, 2.75) is 25.1 Å². The molecule has 1 aromatic heterocycles. The van der Waals surface area contributed by atoms with Crippen LogP contribution in [0.2, 0.25) is 0 Å². The lowest BCUT2D eigenvalue weighted by Crippen LogP contribution is -2.43. The van der Waals surface area contributed by atoms with E-state index < -0.39 is 30.1 Å². The van der Waals surface area contributed by atoms with Crippen molar-refractivity contribution in [1.82, 2.24) is 10.3 Å². The van der Waals surface area contributed by atoms with E-state index in [9.17, 15) is 18.8 Å². The molecule has 0 aliphatic rings. The highest BCUT2D eigenvalue weighted by Gasteiger charge is 2.24. The van der Waals surface area contributed by atoms with E-state index in [1.54, 1.807) is 31.2 Å². The first-order valence-corrected chi connectivity index (χ1v) is 9.31. The average Bonchev–Trinajstić information content (AvgIpc) is 2.63. The molecule has 2 rings (SSSR count). The van der Waals surface area contributed by atoms with Gasteiger partial charge in [-0.1, -0.05) is 12.1 Å². The number of pyridine rings is 1. The minimum atomic E-state index is -1.18. The Balaban J connectivity index is 1.94. The van der Waals surface area contributed by atoms with Crippen molar-refractivity contribution < 1.29 is 23.9 Å². The smallest absolute Gasteiger partial charge is 0.305 e. The number of aryl methyl sites for hydroxylation is 1. The molecule has 142 valence electrons. The largest absolute Gasteiger partial charge is 0.481 e. The van der Waals surface area contributed by atoms with Crippen LogP contribution in [0.25, 0.3) is 0 Å². The van der Waals surface area contributed by atoms with Crippen LogP contribution in [0.4, 0.5) is 4.39 Å². The van der Waals surface area contributed by atoms with Crippen molar-refractivity contribution in [3.8, 4) is 0 Å². The van der Waals surface area contributed by atoms with E-state index >= 15 is 0 Å². The normalized spacial score (nSPS) is 11.6. The molecule has 0 spiro atoms. The van der Waals surface area contributed by atoms with Gasteiger partial charge in [0.2, 0.25) is 0 Å². The van der Waals surface area contributed by atoms with Gasteiger partial charge >= 0.3 is 5.97 Å². The molecule has 0 saturated carbocycles. The van der Waals surface area contributed by atoms with Gasteiger partial charge in [0.1, 0.15) is 5.82 Å². The Morgan fingerprint density at radius 1 is 1.19 bits per heavy atom. The van der Waals surface area contributed by atoms with Crippen LogP contribution in [0.15, 0.2) is 42.6 Å². The molecule has 2 aromatic rings. The van der Waals surface area contributed by atoms with E-state index in [1.165, 1.54) is 30.1 Å². The number of aromatic nitrogens is 1. The molecule has 1 unspecified atom stereocenters. The molecule has 1 atom stereocenters. The van der Waals surface area contributed by atoms with Crippen LogP contribution in [-0.4, -0.2) is 39.5 Å². The van der Waals surface area contributed by atoms with E-state index in [-0.39, 0.29) is 17.1 Å².